The fourth-order valence-electron chi connectivity index (χ4n) is 2.16. The lowest BCUT2D eigenvalue weighted by Gasteiger charge is -2.02. The number of nitrogens with one attached hydrogen (secondary N) is 1. The van der Waals surface area contributed by atoms with Crippen LogP contribution in [0.2, 0.25) is 0 Å². The first-order valence-corrected chi connectivity index (χ1v) is 9.05. The predicted octanol–water partition coefficient (Wildman–Crippen LogP) is 4.22. The molecule has 3 aromatic rings. The summed E-state index contributed by atoms with van der Waals surface area (Å²) in [4.78, 5) is 12.1. The lowest BCUT2D eigenvalue weighted by Crippen LogP contribution is -2.18. The van der Waals surface area contributed by atoms with Crippen LogP contribution in [0.4, 0.5) is 0 Å². The number of halogens is 2. The van der Waals surface area contributed by atoms with E-state index in [4.69, 9.17) is 0 Å². The van der Waals surface area contributed by atoms with Gasteiger partial charge in [0.05, 0.1) is 12.8 Å². The third kappa shape index (κ3) is 5.11. The van der Waals surface area contributed by atoms with E-state index in [0.717, 1.165) is 20.1 Å². The SMILES string of the molecule is O=C(N/N=C/c1cccc(Br)c1)c1ccn(Cc2ccc(Br)cc2)n1. The summed E-state index contributed by atoms with van der Waals surface area (Å²) in [5, 5.41) is 8.24. The van der Waals surface area contributed by atoms with Gasteiger partial charge in [0, 0.05) is 15.1 Å². The number of carbonyl (C=O) groups is 1. The van der Waals surface area contributed by atoms with E-state index in [1.165, 1.54) is 0 Å². The Labute approximate surface area is 162 Å². The third-order valence-corrected chi connectivity index (χ3v) is 4.38. The second-order valence-electron chi connectivity index (χ2n) is 5.28. The molecule has 1 N–H and O–H groups in total. The molecule has 0 aliphatic rings. The number of benzene rings is 2. The molecule has 0 fully saturated rings. The lowest BCUT2D eigenvalue weighted by molar-refractivity contribution is 0.0949. The number of hydrogen-bond acceptors (Lipinski definition) is 3. The van der Waals surface area contributed by atoms with Crippen molar-refractivity contribution in [3.63, 3.8) is 0 Å². The van der Waals surface area contributed by atoms with Crippen LogP contribution < -0.4 is 5.43 Å². The van der Waals surface area contributed by atoms with Crippen molar-refractivity contribution in [1.29, 1.82) is 0 Å². The summed E-state index contributed by atoms with van der Waals surface area (Å²) in [6, 6.07) is 17.3. The van der Waals surface area contributed by atoms with Gasteiger partial charge in [0.15, 0.2) is 5.69 Å². The molecule has 126 valence electrons. The Morgan fingerprint density at radius 2 is 1.92 bits per heavy atom. The van der Waals surface area contributed by atoms with Gasteiger partial charge in [-0.15, -0.1) is 0 Å². The third-order valence-electron chi connectivity index (χ3n) is 3.36. The van der Waals surface area contributed by atoms with Crippen molar-refractivity contribution < 1.29 is 4.79 Å². The van der Waals surface area contributed by atoms with Gasteiger partial charge in [0.2, 0.25) is 0 Å². The minimum Gasteiger partial charge on any atom is -0.268 e. The Morgan fingerprint density at radius 1 is 1.12 bits per heavy atom. The van der Waals surface area contributed by atoms with Gasteiger partial charge in [-0.3, -0.25) is 9.48 Å². The standard InChI is InChI=1S/C18H14Br2N4O/c19-15-6-4-13(5-7-15)12-24-9-8-17(23-24)18(25)22-21-11-14-2-1-3-16(20)10-14/h1-11H,12H2,(H,22,25)/b21-11+. The monoisotopic (exact) mass is 460 g/mol. The number of aromatic nitrogens is 2. The highest BCUT2D eigenvalue weighted by molar-refractivity contribution is 9.10. The van der Waals surface area contributed by atoms with Crippen molar-refractivity contribution in [2.45, 2.75) is 6.54 Å². The highest BCUT2D eigenvalue weighted by Gasteiger charge is 2.08. The topological polar surface area (TPSA) is 59.3 Å². The minimum absolute atomic E-state index is 0.323. The molecule has 1 aromatic heterocycles. The number of rotatable bonds is 5. The highest BCUT2D eigenvalue weighted by atomic mass is 79.9. The van der Waals surface area contributed by atoms with Crippen molar-refractivity contribution in [2.24, 2.45) is 5.10 Å². The number of hydrogen-bond donors (Lipinski definition) is 1. The summed E-state index contributed by atoms with van der Waals surface area (Å²) in [6.45, 7) is 0.599. The summed E-state index contributed by atoms with van der Waals surface area (Å²) >= 11 is 6.80. The summed E-state index contributed by atoms with van der Waals surface area (Å²) in [6.07, 6.45) is 3.36. The van der Waals surface area contributed by atoms with E-state index < -0.39 is 0 Å². The summed E-state index contributed by atoms with van der Waals surface area (Å²) in [5.41, 5.74) is 4.79. The Bertz CT molecular complexity index is 903. The molecule has 25 heavy (non-hydrogen) atoms. The average molecular weight is 462 g/mol. The normalized spacial score (nSPS) is 11.0. The zero-order valence-corrected chi connectivity index (χ0v) is 16.2. The molecule has 7 heteroatoms. The molecule has 2 aromatic carbocycles. The first-order chi connectivity index (χ1) is 12.1. The zero-order valence-electron chi connectivity index (χ0n) is 13.1. The first-order valence-electron chi connectivity index (χ1n) is 7.47. The van der Waals surface area contributed by atoms with Crippen LogP contribution in [-0.2, 0) is 6.54 Å². The van der Waals surface area contributed by atoms with Gasteiger partial charge in [-0.05, 0) is 41.5 Å². The Morgan fingerprint density at radius 3 is 2.68 bits per heavy atom. The molecule has 1 heterocycles. The van der Waals surface area contributed by atoms with E-state index in [9.17, 15) is 4.79 Å². The van der Waals surface area contributed by atoms with E-state index in [1.54, 1.807) is 23.2 Å². The van der Waals surface area contributed by atoms with Gasteiger partial charge in [0.1, 0.15) is 0 Å². The summed E-state index contributed by atoms with van der Waals surface area (Å²) < 4.78 is 3.70. The second kappa shape index (κ2) is 8.22. The van der Waals surface area contributed by atoms with E-state index >= 15 is 0 Å². The molecular formula is C18H14Br2N4O. The maximum Gasteiger partial charge on any atom is 0.291 e. The van der Waals surface area contributed by atoms with Crippen molar-refractivity contribution in [3.8, 4) is 0 Å². The van der Waals surface area contributed by atoms with Crippen LogP contribution in [0.25, 0.3) is 0 Å². The molecule has 0 saturated heterocycles. The second-order valence-corrected chi connectivity index (χ2v) is 7.11. The minimum atomic E-state index is -0.346. The molecule has 0 radical (unpaired) electrons. The van der Waals surface area contributed by atoms with Crippen molar-refractivity contribution in [3.05, 3.63) is 86.6 Å². The number of hydrazone groups is 1. The Balaban J connectivity index is 1.59. The van der Waals surface area contributed by atoms with Crippen molar-refractivity contribution >= 4 is 44.0 Å². The van der Waals surface area contributed by atoms with Crippen LogP contribution in [0.15, 0.2) is 74.8 Å². The fraction of sp³-hybridized carbons (Fsp3) is 0.0556. The van der Waals surface area contributed by atoms with E-state index in [0.29, 0.717) is 12.2 Å². The van der Waals surface area contributed by atoms with Crippen LogP contribution in [0.5, 0.6) is 0 Å². The van der Waals surface area contributed by atoms with Gasteiger partial charge >= 0.3 is 0 Å². The fourth-order valence-corrected chi connectivity index (χ4v) is 2.84. The number of carbonyl (C=O) groups excluding carboxylic acids is 1. The maximum absolute atomic E-state index is 12.1. The van der Waals surface area contributed by atoms with E-state index in [2.05, 4.69) is 47.5 Å². The molecule has 0 saturated carbocycles. The van der Waals surface area contributed by atoms with Gasteiger partial charge in [0.25, 0.3) is 5.91 Å². The van der Waals surface area contributed by atoms with Crippen LogP contribution in [-0.4, -0.2) is 21.9 Å². The molecule has 0 aliphatic heterocycles. The quantitative estimate of drug-likeness (QED) is 0.456. The highest BCUT2D eigenvalue weighted by Crippen LogP contribution is 2.12. The maximum atomic E-state index is 12.1. The zero-order chi connectivity index (χ0) is 17.6. The molecule has 0 aliphatic carbocycles. The first kappa shape index (κ1) is 17.6. The smallest absolute Gasteiger partial charge is 0.268 e. The Hall–Kier alpha value is -2.25. The van der Waals surface area contributed by atoms with Crippen LogP contribution in [0, 0.1) is 0 Å². The van der Waals surface area contributed by atoms with Crippen LogP contribution in [0.1, 0.15) is 21.6 Å². The molecule has 1 amide bonds. The molecule has 3 rings (SSSR count). The molecule has 0 bridgehead atoms. The summed E-state index contributed by atoms with van der Waals surface area (Å²) in [5.74, 6) is -0.346. The summed E-state index contributed by atoms with van der Waals surface area (Å²) in [7, 11) is 0. The number of nitrogens with zero attached hydrogens (tertiary/aromatic N) is 3. The van der Waals surface area contributed by atoms with Crippen molar-refractivity contribution in [2.75, 3.05) is 0 Å². The van der Waals surface area contributed by atoms with Gasteiger partial charge in [-0.25, -0.2) is 5.43 Å². The van der Waals surface area contributed by atoms with Crippen LogP contribution >= 0.6 is 31.9 Å². The largest absolute Gasteiger partial charge is 0.291 e. The predicted molar refractivity (Wildman–Crippen MR) is 105 cm³/mol. The molecule has 0 atom stereocenters. The molecule has 0 spiro atoms. The van der Waals surface area contributed by atoms with Gasteiger partial charge in [-0.2, -0.15) is 10.2 Å². The van der Waals surface area contributed by atoms with Gasteiger partial charge < -0.3 is 0 Å². The molecular weight excluding hydrogens is 448 g/mol. The van der Waals surface area contributed by atoms with Gasteiger partial charge in [-0.1, -0.05) is 56.1 Å². The van der Waals surface area contributed by atoms with E-state index in [-0.39, 0.29) is 5.91 Å². The van der Waals surface area contributed by atoms with Crippen LogP contribution in [0.3, 0.4) is 0 Å². The lowest BCUT2D eigenvalue weighted by atomic mass is 10.2. The average Bonchev–Trinajstić information content (AvgIpc) is 3.06. The number of amides is 1. The molecule has 5 nitrogen and oxygen atoms in total. The Kier molecular flexibility index (Phi) is 5.78. The van der Waals surface area contributed by atoms with E-state index in [1.807, 2.05) is 48.5 Å². The molecule has 0 unspecified atom stereocenters. The van der Waals surface area contributed by atoms with Crippen molar-refractivity contribution in [1.82, 2.24) is 15.2 Å².